The summed E-state index contributed by atoms with van der Waals surface area (Å²) in [5, 5.41) is 3.17. The van der Waals surface area contributed by atoms with Gasteiger partial charge in [0.2, 0.25) is 0 Å². The molecule has 0 aliphatic heterocycles. The smallest absolute Gasteiger partial charge is 0.255 e. The zero-order valence-electron chi connectivity index (χ0n) is 9.58. The summed E-state index contributed by atoms with van der Waals surface area (Å²) in [6, 6.07) is 1.85. The van der Waals surface area contributed by atoms with Crippen LogP contribution >= 0.6 is 0 Å². The number of alkyl halides is 2. The third kappa shape index (κ3) is 3.73. The van der Waals surface area contributed by atoms with Gasteiger partial charge >= 0.3 is 0 Å². The van der Waals surface area contributed by atoms with Crippen LogP contribution in [-0.2, 0) is 6.54 Å². The van der Waals surface area contributed by atoms with E-state index in [0.717, 1.165) is 17.8 Å². The highest BCUT2D eigenvalue weighted by atomic mass is 19.3. The van der Waals surface area contributed by atoms with Crippen molar-refractivity contribution in [1.82, 2.24) is 10.3 Å². The van der Waals surface area contributed by atoms with Crippen LogP contribution in [0.25, 0.3) is 0 Å². The van der Waals surface area contributed by atoms with Crippen molar-refractivity contribution in [3.63, 3.8) is 0 Å². The zero-order valence-corrected chi connectivity index (χ0v) is 9.58. The van der Waals surface area contributed by atoms with Crippen LogP contribution in [0.3, 0.4) is 0 Å². The Bertz CT molecular complexity index is 318. The maximum absolute atomic E-state index is 12.3. The Balaban J connectivity index is 2.76. The lowest BCUT2D eigenvalue weighted by Crippen LogP contribution is -2.26. The highest BCUT2D eigenvalue weighted by Gasteiger charge is 2.11. The zero-order chi connectivity index (χ0) is 12.0. The summed E-state index contributed by atoms with van der Waals surface area (Å²) in [6.07, 6.45) is 0.957. The minimum absolute atomic E-state index is 0.273. The van der Waals surface area contributed by atoms with Crippen LogP contribution in [0.1, 0.15) is 12.5 Å². The first kappa shape index (κ1) is 12.8. The summed E-state index contributed by atoms with van der Waals surface area (Å²) in [6.45, 7) is 3.25. The highest BCUT2D eigenvalue weighted by Crippen LogP contribution is 2.18. The Kier molecular flexibility index (Phi) is 5.11. The van der Waals surface area contributed by atoms with Crippen LogP contribution in [0, 0.1) is 0 Å². The predicted molar refractivity (Wildman–Crippen MR) is 60.9 cm³/mol. The van der Waals surface area contributed by atoms with E-state index in [1.165, 1.54) is 4.90 Å². The van der Waals surface area contributed by atoms with Gasteiger partial charge in [-0.2, -0.15) is 0 Å². The van der Waals surface area contributed by atoms with Gasteiger partial charge in [-0.05, 0) is 18.2 Å². The molecule has 1 aromatic heterocycles. The van der Waals surface area contributed by atoms with E-state index in [2.05, 4.69) is 10.3 Å². The Morgan fingerprint density at radius 3 is 2.88 bits per heavy atom. The second kappa shape index (κ2) is 6.37. The monoisotopic (exact) mass is 229 g/mol. The van der Waals surface area contributed by atoms with E-state index < -0.39 is 6.43 Å². The molecule has 0 saturated carbocycles. The summed E-state index contributed by atoms with van der Waals surface area (Å²) in [5.41, 5.74) is 1.74. The molecule has 0 aliphatic carbocycles. The van der Waals surface area contributed by atoms with Crippen molar-refractivity contribution in [2.24, 2.45) is 0 Å². The summed E-state index contributed by atoms with van der Waals surface area (Å²) in [7, 11) is 1.65. The Morgan fingerprint density at radius 1 is 1.50 bits per heavy atom. The highest BCUT2D eigenvalue weighted by molar-refractivity contribution is 5.51. The molecule has 0 spiro atoms. The number of nitrogens with one attached hydrogen (secondary N) is 1. The second-order valence-electron chi connectivity index (χ2n) is 3.56. The number of pyridine rings is 1. The van der Waals surface area contributed by atoms with Crippen LogP contribution in [0.4, 0.5) is 14.5 Å². The molecular formula is C11H17F2N3. The number of hydrogen-bond acceptors (Lipinski definition) is 3. The molecule has 0 amide bonds. The van der Waals surface area contributed by atoms with E-state index in [9.17, 15) is 8.78 Å². The van der Waals surface area contributed by atoms with Gasteiger partial charge in [-0.15, -0.1) is 0 Å². The van der Waals surface area contributed by atoms with Crippen LogP contribution in [0.2, 0.25) is 0 Å². The predicted octanol–water partition coefficient (Wildman–Crippen LogP) is 1.89. The fraction of sp³-hybridized carbons (Fsp3) is 0.545. The van der Waals surface area contributed by atoms with E-state index in [4.69, 9.17) is 0 Å². The normalized spacial score (nSPS) is 10.8. The van der Waals surface area contributed by atoms with E-state index in [-0.39, 0.29) is 6.54 Å². The lowest BCUT2D eigenvalue weighted by molar-refractivity contribution is 0.156. The van der Waals surface area contributed by atoms with Gasteiger partial charge in [0.25, 0.3) is 6.43 Å². The van der Waals surface area contributed by atoms with Crippen LogP contribution in [-0.4, -0.2) is 31.5 Å². The van der Waals surface area contributed by atoms with Crippen molar-refractivity contribution in [2.45, 2.75) is 19.9 Å². The molecule has 0 aliphatic rings. The topological polar surface area (TPSA) is 28.2 Å². The lowest BCUT2D eigenvalue weighted by atomic mass is 10.2. The minimum atomic E-state index is -2.34. The number of nitrogens with zero attached hydrogens (tertiary/aromatic N) is 2. The first-order valence-electron chi connectivity index (χ1n) is 5.28. The molecule has 0 fully saturated rings. The van der Waals surface area contributed by atoms with E-state index in [1.807, 2.05) is 13.0 Å². The van der Waals surface area contributed by atoms with Gasteiger partial charge in [-0.25, -0.2) is 8.78 Å². The standard InChI is InChI=1S/C11H17F2N3/c1-3-14-6-9-4-5-15-7-10(9)16(2)8-11(12)13/h4-5,7,11,14H,3,6,8H2,1-2H3. The van der Waals surface area contributed by atoms with E-state index in [1.54, 1.807) is 19.4 Å². The van der Waals surface area contributed by atoms with Crippen molar-refractivity contribution in [2.75, 3.05) is 25.0 Å². The molecule has 0 radical (unpaired) electrons. The van der Waals surface area contributed by atoms with Crippen LogP contribution in [0.5, 0.6) is 0 Å². The third-order valence-electron chi connectivity index (χ3n) is 2.28. The molecule has 1 heterocycles. The van der Waals surface area contributed by atoms with Gasteiger partial charge in [0, 0.05) is 19.8 Å². The molecule has 5 heteroatoms. The number of hydrogen-bond donors (Lipinski definition) is 1. The van der Waals surface area contributed by atoms with Gasteiger partial charge < -0.3 is 10.2 Å². The van der Waals surface area contributed by atoms with Crippen molar-refractivity contribution in [1.29, 1.82) is 0 Å². The maximum atomic E-state index is 12.3. The first-order valence-corrected chi connectivity index (χ1v) is 5.28. The van der Waals surface area contributed by atoms with E-state index in [0.29, 0.717) is 6.54 Å². The molecule has 0 atom stereocenters. The molecule has 0 unspecified atom stereocenters. The SMILES string of the molecule is CCNCc1ccncc1N(C)CC(F)F. The Labute approximate surface area is 94.5 Å². The number of halogens is 2. The summed E-state index contributed by atoms with van der Waals surface area (Å²) in [5.74, 6) is 0. The summed E-state index contributed by atoms with van der Waals surface area (Å²) < 4.78 is 24.6. The molecule has 90 valence electrons. The molecule has 0 saturated heterocycles. The molecular weight excluding hydrogens is 212 g/mol. The molecule has 1 N–H and O–H groups in total. The average molecular weight is 229 g/mol. The number of aromatic nitrogens is 1. The number of rotatable bonds is 6. The quantitative estimate of drug-likeness (QED) is 0.807. The molecule has 16 heavy (non-hydrogen) atoms. The van der Waals surface area contributed by atoms with Crippen LogP contribution < -0.4 is 10.2 Å². The molecule has 0 bridgehead atoms. The maximum Gasteiger partial charge on any atom is 0.255 e. The van der Waals surface area contributed by atoms with Gasteiger partial charge in [0.15, 0.2) is 0 Å². The first-order chi connectivity index (χ1) is 7.65. The van der Waals surface area contributed by atoms with Crippen molar-refractivity contribution in [3.8, 4) is 0 Å². The molecule has 1 aromatic rings. The van der Waals surface area contributed by atoms with Crippen molar-refractivity contribution >= 4 is 5.69 Å². The largest absolute Gasteiger partial charge is 0.367 e. The molecule has 1 rings (SSSR count). The Morgan fingerprint density at radius 2 is 2.25 bits per heavy atom. The third-order valence-corrected chi connectivity index (χ3v) is 2.28. The van der Waals surface area contributed by atoms with Gasteiger partial charge in [0.1, 0.15) is 0 Å². The second-order valence-corrected chi connectivity index (χ2v) is 3.56. The van der Waals surface area contributed by atoms with Gasteiger partial charge in [0.05, 0.1) is 18.4 Å². The van der Waals surface area contributed by atoms with Crippen LogP contribution in [0.15, 0.2) is 18.5 Å². The molecule has 0 aromatic carbocycles. The Hall–Kier alpha value is -1.23. The van der Waals surface area contributed by atoms with Crippen molar-refractivity contribution in [3.05, 3.63) is 24.0 Å². The lowest BCUT2D eigenvalue weighted by Gasteiger charge is -2.21. The van der Waals surface area contributed by atoms with Gasteiger partial charge in [-0.3, -0.25) is 4.98 Å². The minimum Gasteiger partial charge on any atom is -0.367 e. The molecule has 3 nitrogen and oxygen atoms in total. The summed E-state index contributed by atoms with van der Waals surface area (Å²) in [4.78, 5) is 5.50. The van der Waals surface area contributed by atoms with E-state index >= 15 is 0 Å². The van der Waals surface area contributed by atoms with Crippen molar-refractivity contribution < 1.29 is 8.78 Å². The summed E-state index contributed by atoms with van der Waals surface area (Å²) >= 11 is 0. The fourth-order valence-electron chi connectivity index (χ4n) is 1.47. The fourth-order valence-corrected chi connectivity index (χ4v) is 1.47. The van der Waals surface area contributed by atoms with Gasteiger partial charge in [-0.1, -0.05) is 6.92 Å². The average Bonchev–Trinajstić information content (AvgIpc) is 2.25. The number of anilines is 1.